The molecular weight excluding hydrogens is 168 g/mol. The van der Waals surface area contributed by atoms with Gasteiger partial charge in [0.25, 0.3) is 0 Å². The summed E-state index contributed by atoms with van der Waals surface area (Å²) in [6, 6.07) is 0. The molecule has 6 heteroatoms. The van der Waals surface area contributed by atoms with Crippen molar-refractivity contribution in [3.8, 4) is 0 Å². The van der Waals surface area contributed by atoms with Crippen molar-refractivity contribution in [3.05, 3.63) is 0 Å². The highest BCUT2D eigenvalue weighted by atomic mass is 32.1. The lowest BCUT2D eigenvalue weighted by Crippen LogP contribution is -2.40. The molecule has 0 rings (SSSR count). The van der Waals surface area contributed by atoms with Gasteiger partial charge in [0.05, 0.1) is 12.4 Å². The fourth-order valence-corrected chi connectivity index (χ4v) is 0.718. The number of nitrogens with two attached hydrogens (primary N) is 1. The van der Waals surface area contributed by atoms with Gasteiger partial charge < -0.3 is 15.7 Å². The molecule has 0 aromatic carbocycles. The van der Waals surface area contributed by atoms with Gasteiger partial charge >= 0.3 is 5.97 Å². The van der Waals surface area contributed by atoms with Crippen LogP contribution in [0.5, 0.6) is 0 Å². The topological polar surface area (TPSA) is 83.6 Å². The number of hydrogen-bond donors (Lipinski definition) is 3. The monoisotopic (exact) mass is 178 g/mol. The van der Waals surface area contributed by atoms with E-state index in [1.807, 2.05) is 0 Å². The lowest BCUT2D eigenvalue weighted by atomic mass is 10.5. The zero-order valence-corrected chi connectivity index (χ0v) is 6.75. The van der Waals surface area contributed by atoms with Gasteiger partial charge in [0.1, 0.15) is 6.54 Å². The van der Waals surface area contributed by atoms with Crippen molar-refractivity contribution in [3.63, 3.8) is 0 Å². The van der Waals surface area contributed by atoms with E-state index < -0.39 is 5.97 Å². The first-order valence-electron chi connectivity index (χ1n) is 2.92. The van der Waals surface area contributed by atoms with Gasteiger partial charge in [-0.05, 0) is 0 Å². The summed E-state index contributed by atoms with van der Waals surface area (Å²) in [4.78, 5) is 21.9. The Bertz CT molecular complexity index is 162. The van der Waals surface area contributed by atoms with Gasteiger partial charge in [-0.15, -0.1) is 0 Å². The van der Waals surface area contributed by atoms with Gasteiger partial charge in [0, 0.05) is 0 Å². The van der Waals surface area contributed by atoms with E-state index >= 15 is 0 Å². The number of rotatable bonds is 4. The summed E-state index contributed by atoms with van der Waals surface area (Å²) in [5.41, 5.74) is 5.11. The maximum atomic E-state index is 10.8. The molecule has 0 heterocycles. The van der Waals surface area contributed by atoms with Crippen molar-refractivity contribution in [1.29, 1.82) is 0 Å². The Hall–Kier alpha value is -0.750. The highest BCUT2D eigenvalue weighted by Gasteiger charge is 2.12. The van der Waals surface area contributed by atoms with E-state index in [4.69, 9.17) is 10.8 Å². The minimum absolute atomic E-state index is 0.0233. The van der Waals surface area contributed by atoms with Gasteiger partial charge in [-0.25, -0.2) is 0 Å². The van der Waals surface area contributed by atoms with Crippen molar-refractivity contribution in [2.24, 2.45) is 5.73 Å². The minimum Gasteiger partial charge on any atom is -0.480 e. The second kappa shape index (κ2) is 4.97. The normalized spacial score (nSPS) is 9.27. The predicted octanol–water partition coefficient (Wildman–Crippen LogP) is -1.25. The third kappa shape index (κ3) is 3.84. The highest BCUT2D eigenvalue weighted by molar-refractivity contribution is 7.81. The number of carboxylic acid groups (broad SMARTS) is 1. The summed E-state index contributed by atoms with van der Waals surface area (Å²) < 4.78 is 0. The van der Waals surface area contributed by atoms with E-state index in [9.17, 15) is 9.59 Å². The first kappa shape index (κ1) is 10.2. The molecule has 0 aromatic heterocycles. The van der Waals surface area contributed by atoms with Crippen molar-refractivity contribution >= 4 is 24.5 Å². The van der Waals surface area contributed by atoms with Crippen LogP contribution in [-0.4, -0.2) is 40.8 Å². The van der Waals surface area contributed by atoms with E-state index in [1.54, 1.807) is 0 Å². The zero-order chi connectivity index (χ0) is 8.85. The van der Waals surface area contributed by atoms with Crippen LogP contribution in [0.4, 0.5) is 0 Å². The second-order valence-electron chi connectivity index (χ2n) is 1.83. The standard InChI is InChI=1S/C5H10N2O3S/c6-3-7(1-5(9)10)4(8)2-11/h11H,1-3,6H2,(H,9,10). The van der Waals surface area contributed by atoms with Crippen LogP contribution in [0.25, 0.3) is 0 Å². The molecule has 0 aliphatic heterocycles. The maximum absolute atomic E-state index is 10.8. The van der Waals surface area contributed by atoms with Crippen LogP contribution in [-0.2, 0) is 9.59 Å². The molecule has 1 amide bonds. The molecule has 0 aliphatic carbocycles. The Kier molecular flexibility index (Phi) is 4.64. The minimum atomic E-state index is -1.08. The summed E-state index contributed by atoms with van der Waals surface area (Å²) >= 11 is 3.69. The van der Waals surface area contributed by atoms with E-state index in [2.05, 4.69) is 12.6 Å². The largest absolute Gasteiger partial charge is 0.480 e. The Balaban J connectivity index is 3.94. The Morgan fingerprint density at radius 1 is 1.55 bits per heavy atom. The molecule has 11 heavy (non-hydrogen) atoms. The molecule has 0 atom stereocenters. The first-order valence-corrected chi connectivity index (χ1v) is 3.55. The van der Waals surface area contributed by atoms with Gasteiger partial charge in [-0.2, -0.15) is 12.6 Å². The molecule has 0 aromatic rings. The quantitative estimate of drug-likeness (QED) is 0.371. The average Bonchev–Trinajstić information content (AvgIpc) is 1.98. The van der Waals surface area contributed by atoms with Crippen molar-refractivity contribution in [2.45, 2.75) is 0 Å². The smallest absolute Gasteiger partial charge is 0.323 e. The molecule has 0 bridgehead atoms. The summed E-state index contributed by atoms with van der Waals surface area (Å²) in [5, 5.41) is 8.29. The van der Waals surface area contributed by atoms with Crippen molar-refractivity contribution in [1.82, 2.24) is 4.90 Å². The van der Waals surface area contributed by atoms with Crippen LogP contribution in [0, 0.1) is 0 Å². The van der Waals surface area contributed by atoms with Crippen LogP contribution in [0.15, 0.2) is 0 Å². The number of carboxylic acids is 1. The van der Waals surface area contributed by atoms with Crippen molar-refractivity contribution < 1.29 is 14.7 Å². The molecule has 0 spiro atoms. The van der Waals surface area contributed by atoms with Gasteiger partial charge in [0.15, 0.2) is 0 Å². The van der Waals surface area contributed by atoms with Gasteiger partial charge in [-0.3, -0.25) is 9.59 Å². The number of aliphatic carboxylic acids is 1. The molecule has 5 nitrogen and oxygen atoms in total. The number of hydrogen-bond acceptors (Lipinski definition) is 4. The van der Waals surface area contributed by atoms with Crippen LogP contribution in [0.2, 0.25) is 0 Å². The Morgan fingerprint density at radius 3 is 2.36 bits per heavy atom. The summed E-state index contributed by atoms with van der Waals surface area (Å²) in [6.07, 6.45) is 0. The predicted molar refractivity (Wildman–Crippen MR) is 42.3 cm³/mol. The third-order valence-corrected chi connectivity index (χ3v) is 1.30. The molecule has 0 saturated heterocycles. The van der Waals surface area contributed by atoms with Crippen LogP contribution < -0.4 is 5.73 Å². The number of thiol groups is 1. The van der Waals surface area contributed by atoms with Crippen molar-refractivity contribution in [2.75, 3.05) is 19.0 Å². The number of carbonyl (C=O) groups excluding carboxylic acids is 1. The Morgan fingerprint density at radius 2 is 2.09 bits per heavy atom. The van der Waals surface area contributed by atoms with Crippen LogP contribution in [0.3, 0.4) is 0 Å². The number of amides is 1. The molecular formula is C5H10N2O3S. The summed E-state index contributed by atoms with van der Waals surface area (Å²) in [6.45, 7) is -0.457. The molecule has 0 fully saturated rings. The van der Waals surface area contributed by atoms with E-state index in [-0.39, 0.29) is 24.9 Å². The lowest BCUT2D eigenvalue weighted by Gasteiger charge is -2.16. The van der Waals surface area contributed by atoms with E-state index in [0.29, 0.717) is 0 Å². The zero-order valence-electron chi connectivity index (χ0n) is 5.86. The molecule has 0 radical (unpaired) electrons. The first-order chi connectivity index (χ1) is 5.11. The van der Waals surface area contributed by atoms with E-state index in [0.717, 1.165) is 4.90 Å². The number of nitrogens with zero attached hydrogens (tertiary/aromatic N) is 1. The maximum Gasteiger partial charge on any atom is 0.323 e. The lowest BCUT2D eigenvalue weighted by molar-refractivity contribution is -0.143. The molecule has 3 N–H and O–H groups in total. The van der Waals surface area contributed by atoms with E-state index in [1.165, 1.54) is 0 Å². The summed E-state index contributed by atoms with van der Waals surface area (Å²) in [7, 11) is 0. The van der Waals surface area contributed by atoms with Crippen LogP contribution in [0.1, 0.15) is 0 Å². The molecule has 0 aliphatic rings. The molecule has 0 saturated carbocycles. The molecule has 64 valence electrons. The van der Waals surface area contributed by atoms with Gasteiger partial charge in [-0.1, -0.05) is 0 Å². The van der Waals surface area contributed by atoms with Crippen LogP contribution >= 0.6 is 12.6 Å². The summed E-state index contributed by atoms with van der Waals surface area (Å²) in [5.74, 6) is -1.48. The SMILES string of the molecule is NCN(CC(=O)O)C(=O)CS. The average molecular weight is 178 g/mol. The third-order valence-electron chi connectivity index (χ3n) is 1.03. The highest BCUT2D eigenvalue weighted by Crippen LogP contribution is 1.88. The molecule has 0 unspecified atom stereocenters. The number of carbonyl (C=O) groups is 2. The van der Waals surface area contributed by atoms with Gasteiger partial charge in [0.2, 0.25) is 5.91 Å². The fourth-order valence-electron chi connectivity index (χ4n) is 0.518. The fraction of sp³-hybridized carbons (Fsp3) is 0.600. The Labute approximate surface area is 69.6 Å². The second-order valence-corrected chi connectivity index (χ2v) is 2.14.